The van der Waals surface area contributed by atoms with E-state index < -0.39 is 0 Å². The predicted octanol–water partition coefficient (Wildman–Crippen LogP) is 5.18. The molecule has 0 spiro atoms. The number of fused-ring (bicyclic) bond motifs is 1. The molecular formula is C27H25N3O. The van der Waals surface area contributed by atoms with Gasteiger partial charge in [-0.3, -0.25) is 9.48 Å². The van der Waals surface area contributed by atoms with Crippen LogP contribution in [0.15, 0.2) is 85.2 Å². The Hall–Kier alpha value is -3.66. The average molecular weight is 408 g/mol. The highest BCUT2D eigenvalue weighted by molar-refractivity contribution is 5.95. The molecule has 0 saturated heterocycles. The maximum atomic E-state index is 13.4. The molecule has 154 valence electrons. The largest absolute Gasteiger partial charge is 0.333 e. The normalized spacial score (nSPS) is 15.5. The highest BCUT2D eigenvalue weighted by Crippen LogP contribution is 2.34. The van der Waals surface area contributed by atoms with E-state index in [0.717, 1.165) is 22.3 Å². The first-order valence-corrected chi connectivity index (χ1v) is 10.6. The van der Waals surface area contributed by atoms with Crippen molar-refractivity contribution in [2.24, 2.45) is 7.05 Å². The van der Waals surface area contributed by atoms with E-state index in [0.29, 0.717) is 13.1 Å². The molecule has 1 aliphatic rings. The highest BCUT2D eigenvalue weighted by atomic mass is 16.2. The Kier molecular flexibility index (Phi) is 4.91. The number of aryl methyl sites for hydroxylation is 2. The first-order chi connectivity index (χ1) is 15.1. The van der Waals surface area contributed by atoms with Gasteiger partial charge in [-0.05, 0) is 46.9 Å². The number of hydrogen-bond donors (Lipinski definition) is 0. The summed E-state index contributed by atoms with van der Waals surface area (Å²) in [6.45, 7) is 3.37. The van der Waals surface area contributed by atoms with Crippen LogP contribution < -0.4 is 0 Å². The van der Waals surface area contributed by atoms with Crippen molar-refractivity contribution in [1.29, 1.82) is 0 Å². The van der Waals surface area contributed by atoms with Crippen molar-refractivity contribution < 1.29 is 4.79 Å². The zero-order valence-corrected chi connectivity index (χ0v) is 17.8. The lowest BCUT2D eigenvalue weighted by molar-refractivity contribution is 0.0725. The van der Waals surface area contributed by atoms with Crippen molar-refractivity contribution >= 4 is 5.91 Å². The van der Waals surface area contributed by atoms with E-state index in [-0.39, 0.29) is 11.8 Å². The molecule has 31 heavy (non-hydrogen) atoms. The third-order valence-corrected chi connectivity index (χ3v) is 6.13. The van der Waals surface area contributed by atoms with Gasteiger partial charge in [0.2, 0.25) is 0 Å². The lowest BCUT2D eigenvalue weighted by atomic mass is 9.86. The molecule has 0 N–H and O–H groups in total. The Labute approximate surface area is 182 Å². The van der Waals surface area contributed by atoms with Crippen molar-refractivity contribution in [2.75, 3.05) is 6.54 Å². The van der Waals surface area contributed by atoms with E-state index in [1.807, 2.05) is 59.4 Å². The summed E-state index contributed by atoms with van der Waals surface area (Å²) in [6.07, 6.45) is 3.96. The summed E-state index contributed by atoms with van der Waals surface area (Å²) in [6, 6.07) is 24.8. The number of hydrogen-bond acceptors (Lipinski definition) is 2. The quantitative estimate of drug-likeness (QED) is 0.469. The second kappa shape index (κ2) is 7.88. The molecule has 4 aromatic rings. The fourth-order valence-electron chi connectivity index (χ4n) is 4.40. The van der Waals surface area contributed by atoms with Crippen LogP contribution in [-0.4, -0.2) is 27.1 Å². The molecule has 0 radical (unpaired) electrons. The fourth-order valence-corrected chi connectivity index (χ4v) is 4.40. The SMILES string of the molecule is Cc1ccc(-c2ccc(C(=O)N3Cc4ccccc4C(c4cnn(C)c4)C3)cc2)cc1. The molecule has 0 bridgehead atoms. The van der Waals surface area contributed by atoms with Crippen molar-refractivity contribution in [3.05, 3.63) is 113 Å². The summed E-state index contributed by atoms with van der Waals surface area (Å²) in [4.78, 5) is 15.3. The van der Waals surface area contributed by atoms with Crippen LogP contribution in [0.25, 0.3) is 11.1 Å². The van der Waals surface area contributed by atoms with Gasteiger partial charge < -0.3 is 4.90 Å². The minimum Gasteiger partial charge on any atom is -0.333 e. The van der Waals surface area contributed by atoms with Crippen LogP contribution in [0.4, 0.5) is 0 Å². The second-order valence-electron chi connectivity index (χ2n) is 8.33. The minimum atomic E-state index is 0.0684. The van der Waals surface area contributed by atoms with Gasteiger partial charge in [0, 0.05) is 37.8 Å². The summed E-state index contributed by atoms with van der Waals surface area (Å²) in [5.74, 6) is 0.202. The van der Waals surface area contributed by atoms with Gasteiger partial charge in [0.25, 0.3) is 5.91 Å². The molecule has 1 unspecified atom stereocenters. The van der Waals surface area contributed by atoms with Crippen LogP contribution in [0.1, 0.15) is 38.5 Å². The van der Waals surface area contributed by atoms with Gasteiger partial charge in [-0.25, -0.2) is 0 Å². The van der Waals surface area contributed by atoms with E-state index in [1.165, 1.54) is 16.7 Å². The monoisotopic (exact) mass is 407 g/mol. The molecule has 5 rings (SSSR count). The Bertz CT molecular complexity index is 1220. The Morgan fingerprint density at radius 3 is 2.29 bits per heavy atom. The smallest absolute Gasteiger partial charge is 0.254 e. The Morgan fingerprint density at radius 1 is 0.935 bits per heavy atom. The lowest BCUT2D eigenvalue weighted by Gasteiger charge is -2.34. The van der Waals surface area contributed by atoms with E-state index in [1.54, 1.807) is 0 Å². The molecule has 1 atom stereocenters. The summed E-state index contributed by atoms with van der Waals surface area (Å²) >= 11 is 0. The number of benzene rings is 3. The summed E-state index contributed by atoms with van der Waals surface area (Å²) < 4.78 is 1.82. The molecule has 4 nitrogen and oxygen atoms in total. The van der Waals surface area contributed by atoms with E-state index in [4.69, 9.17) is 0 Å². The zero-order valence-electron chi connectivity index (χ0n) is 17.8. The van der Waals surface area contributed by atoms with Gasteiger partial charge in [-0.15, -0.1) is 0 Å². The third kappa shape index (κ3) is 3.77. The lowest BCUT2D eigenvalue weighted by Crippen LogP contribution is -2.38. The summed E-state index contributed by atoms with van der Waals surface area (Å²) in [7, 11) is 1.93. The van der Waals surface area contributed by atoms with Crippen LogP contribution in [0.5, 0.6) is 0 Å². The molecule has 1 amide bonds. The van der Waals surface area contributed by atoms with E-state index >= 15 is 0 Å². The van der Waals surface area contributed by atoms with Crippen LogP contribution >= 0.6 is 0 Å². The van der Waals surface area contributed by atoms with Crippen molar-refractivity contribution in [3.8, 4) is 11.1 Å². The number of amides is 1. The van der Waals surface area contributed by atoms with Gasteiger partial charge in [-0.2, -0.15) is 5.10 Å². The third-order valence-electron chi connectivity index (χ3n) is 6.13. The second-order valence-corrected chi connectivity index (χ2v) is 8.33. The van der Waals surface area contributed by atoms with Crippen molar-refractivity contribution in [2.45, 2.75) is 19.4 Å². The number of rotatable bonds is 3. The fraction of sp³-hybridized carbons (Fsp3) is 0.185. The van der Waals surface area contributed by atoms with Crippen LogP contribution in [0, 0.1) is 6.92 Å². The van der Waals surface area contributed by atoms with Crippen LogP contribution in [-0.2, 0) is 13.6 Å². The van der Waals surface area contributed by atoms with Gasteiger partial charge in [0.15, 0.2) is 0 Å². The summed E-state index contributed by atoms with van der Waals surface area (Å²) in [5, 5.41) is 4.35. The first kappa shape index (κ1) is 19.3. The minimum absolute atomic E-state index is 0.0684. The maximum Gasteiger partial charge on any atom is 0.254 e. The molecule has 0 aliphatic carbocycles. The number of carbonyl (C=O) groups is 1. The Morgan fingerprint density at radius 2 is 1.61 bits per heavy atom. The zero-order chi connectivity index (χ0) is 21.4. The van der Waals surface area contributed by atoms with Gasteiger partial charge in [-0.1, -0.05) is 66.2 Å². The maximum absolute atomic E-state index is 13.4. The molecule has 1 aliphatic heterocycles. The van der Waals surface area contributed by atoms with Gasteiger partial charge in [0.1, 0.15) is 0 Å². The number of aromatic nitrogens is 2. The Balaban J connectivity index is 1.42. The molecular weight excluding hydrogens is 382 g/mol. The molecule has 1 aromatic heterocycles. The van der Waals surface area contributed by atoms with E-state index in [2.05, 4.69) is 54.5 Å². The highest BCUT2D eigenvalue weighted by Gasteiger charge is 2.30. The van der Waals surface area contributed by atoms with Crippen LogP contribution in [0.3, 0.4) is 0 Å². The van der Waals surface area contributed by atoms with Crippen LogP contribution in [0.2, 0.25) is 0 Å². The van der Waals surface area contributed by atoms with Crippen molar-refractivity contribution in [3.63, 3.8) is 0 Å². The van der Waals surface area contributed by atoms with Gasteiger partial charge in [0.05, 0.1) is 6.20 Å². The first-order valence-electron chi connectivity index (χ1n) is 10.6. The average Bonchev–Trinajstić information content (AvgIpc) is 3.24. The number of nitrogens with zero attached hydrogens (tertiary/aromatic N) is 3. The van der Waals surface area contributed by atoms with Crippen molar-refractivity contribution in [1.82, 2.24) is 14.7 Å². The van der Waals surface area contributed by atoms with E-state index in [9.17, 15) is 4.79 Å². The molecule has 3 aromatic carbocycles. The molecule has 2 heterocycles. The van der Waals surface area contributed by atoms with Gasteiger partial charge >= 0.3 is 0 Å². The molecule has 0 saturated carbocycles. The molecule has 4 heteroatoms. The number of carbonyl (C=O) groups excluding carboxylic acids is 1. The standard InChI is InChI=1S/C27H25N3O/c1-19-7-9-20(10-8-19)21-11-13-22(14-12-21)27(31)30-17-23-5-3-4-6-25(23)26(18-30)24-15-28-29(2)16-24/h3-16,26H,17-18H2,1-2H3. The summed E-state index contributed by atoms with van der Waals surface area (Å²) in [5.41, 5.74) is 7.87. The molecule has 0 fully saturated rings. The topological polar surface area (TPSA) is 38.1 Å². The predicted molar refractivity (Wildman–Crippen MR) is 123 cm³/mol.